The van der Waals surface area contributed by atoms with E-state index in [-0.39, 0.29) is 18.2 Å². The first-order chi connectivity index (χ1) is 12.8. The van der Waals surface area contributed by atoms with Crippen molar-refractivity contribution in [2.45, 2.75) is 13.0 Å². The Labute approximate surface area is 157 Å². The summed E-state index contributed by atoms with van der Waals surface area (Å²) < 4.78 is 24.7. The van der Waals surface area contributed by atoms with Crippen LogP contribution in [0, 0.1) is 11.3 Å². The highest BCUT2D eigenvalue weighted by Gasteiger charge is 2.08. The molecule has 27 heavy (non-hydrogen) atoms. The first-order valence-electron chi connectivity index (χ1n) is 7.88. The van der Waals surface area contributed by atoms with Crippen LogP contribution in [0.25, 0.3) is 0 Å². The lowest BCUT2D eigenvalue weighted by atomic mass is 10.1. The number of hydrogen-bond donors (Lipinski definition) is 3. The molecule has 2 aromatic carbocycles. The van der Waals surface area contributed by atoms with Crippen molar-refractivity contribution < 1.29 is 18.0 Å². The van der Waals surface area contributed by atoms with Gasteiger partial charge < -0.3 is 10.6 Å². The molecule has 0 radical (unpaired) electrons. The van der Waals surface area contributed by atoms with E-state index in [4.69, 9.17) is 5.26 Å². The van der Waals surface area contributed by atoms with Crippen molar-refractivity contribution in [3.63, 3.8) is 0 Å². The van der Waals surface area contributed by atoms with Gasteiger partial charge in [0.2, 0.25) is 15.9 Å². The third kappa shape index (κ3) is 6.80. The molecule has 0 aromatic heterocycles. The molecule has 2 rings (SSSR count). The number of carbonyl (C=O) groups is 2. The van der Waals surface area contributed by atoms with Gasteiger partial charge in [-0.25, -0.2) is 8.42 Å². The smallest absolute Gasteiger partial charge is 0.255 e. The molecule has 0 unspecified atom stereocenters. The monoisotopic (exact) mass is 386 g/mol. The Kier molecular flexibility index (Phi) is 6.51. The molecule has 0 aliphatic rings. The molecule has 0 saturated heterocycles. The average Bonchev–Trinajstić information content (AvgIpc) is 2.60. The number of nitrogens with zero attached hydrogens (tertiary/aromatic N) is 1. The van der Waals surface area contributed by atoms with Crippen LogP contribution in [0.15, 0.2) is 48.5 Å². The van der Waals surface area contributed by atoms with Gasteiger partial charge in [-0.3, -0.25) is 14.3 Å². The molecular weight excluding hydrogens is 368 g/mol. The predicted molar refractivity (Wildman–Crippen MR) is 101 cm³/mol. The van der Waals surface area contributed by atoms with E-state index < -0.39 is 10.0 Å². The maximum atomic E-state index is 12.2. The van der Waals surface area contributed by atoms with E-state index in [0.29, 0.717) is 23.5 Å². The summed E-state index contributed by atoms with van der Waals surface area (Å²) in [6.07, 6.45) is 0.860. The topological polar surface area (TPSA) is 128 Å². The van der Waals surface area contributed by atoms with Crippen LogP contribution in [0.2, 0.25) is 0 Å². The highest BCUT2D eigenvalue weighted by atomic mass is 32.2. The number of rotatable bonds is 7. The standard InChI is InChI=1S/C18H18N4O4S/c1-27(25,26)22-16-8-4-14(5-9-16)18(24)21-15-6-2-13(3-7-15)12-20-17(23)10-11-19/h2-9,22H,10,12H2,1H3,(H,20,23)(H,21,24). The second-order valence-electron chi connectivity index (χ2n) is 5.71. The van der Waals surface area contributed by atoms with Gasteiger partial charge in [0, 0.05) is 23.5 Å². The van der Waals surface area contributed by atoms with Crippen molar-refractivity contribution in [2.24, 2.45) is 0 Å². The Morgan fingerprint density at radius 1 is 1.00 bits per heavy atom. The van der Waals surface area contributed by atoms with E-state index in [1.54, 1.807) is 30.3 Å². The molecule has 0 fully saturated rings. The highest BCUT2D eigenvalue weighted by Crippen LogP contribution is 2.14. The minimum Gasteiger partial charge on any atom is -0.351 e. The quantitative estimate of drug-likeness (QED) is 0.669. The summed E-state index contributed by atoms with van der Waals surface area (Å²) in [6, 6.07) is 14.7. The van der Waals surface area contributed by atoms with E-state index in [1.165, 1.54) is 24.3 Å². The Morgan fingerprint density at radius 3 is 2.15 bits per heavy atom. The molecule has 0 aliphatic heterocycles. The Morgan fingerprint density at radius 2 is 1.59 bits per heavy atom. The zero-order chi connectivity index (χ0) is 19.9. The summed E-state index contributed by atoms with van der Waals surface area (Å²) in [7, 11) is -3.37. The molecule has 2 aromatic rings. The first kappa shape index (κ1) is 19.9. The van der Waals surface area contributed by atoms with Gasteiger partial charge in [-0.05, 0) is 42.0 Å². The Balaban J connectivity index is 1.93. The van der Waals surface area contributed by atoms with Crippen LogP contribution in [-0.2, 0) is 21.4 Å². The number of anilines is 2. The number of nitrogens with one attached hydrogen (secondary N) is 3. The number of amides is 2. The maximum absolute atomic E-state index is 12.2. The van der Waals surface area contributed by atoms with Gasteiger partial charge in [0.25, 0.3) is 5.91 Å². The fourth-order valence-electron chi connectivity index (χ4n) is 2.15. The van der Waals surface area contributed by atoms with E-state index in [9.17, 15) is 18.0 Å². The summed E-state index contributed by atoms with van der Waals surface area (Å²) in [6.45, 7) is 0.295. The van der Waals surface area contributed by atoms with Crippen LogP contribution in [0.1, 0.15) is 22.3 Å². The van der Waals surface area contributed by atoms with Crippen molar-refractivity contribution in [3.8, 4) is 6.07 Å². The Bertz CT molecular complexity index is 962. The van der Waals surface area contributed by atoms with Crippen LogP contribution in [0.3, 0.4) is 0 Å². The average molecular weight is 386 g/mol. The largest absolute Gasteiger partial charge is 0.351 e. The molecule has 0 atom stereocenters. The van der Waals surface area contributed by atoms with Crippen molar-refractivity contribution in [2.75, 3.05) is 16.3 Å². The zero-order valence-electron chi connectivity index (χ0n) is 14.5. The van der Waals surface area contributed by atoms with Crippen molar-refractivity contribution >= 4 is 33.2 Å². The van der Waals surface area contributed by atoms with Gasteiger partial charge in [0.1, 0.15) is 6.42 Å². The van der Waals surface area contributed by atoms with Crippen molar-refractivity contribution in [1.82, 2.24) is 5.32 Å². The molecule has 8 nitrogen and oxygen atoms in total. The van der Waals surface area contributed by atoms with Gasteiger partial charge in [-0.1, -0.05) is 12.1 Å². The summed E-state index contributed by atoms with van der Waals surface area (Å²) in [5.74, 6) is -0.681. The second kappa shape index (κ2) is 8.82. The normalized spacial score (nSPS) is 10.5. The van der Waals surface area contributed by atoms with Gasteiger partial charge >= 0.3 is 0 Å². The number of carbonyl (C=O) groups excluding carboxylic acids is 2. The third-order valence-electron chi connectivity index (χ3n) is 3.39. The maximum Gasteiger partial charge on any atom is 0.255 e. The third-order valence-corrected chi connectivity index (χ3v) is 4.00. The van der Waals surface area contributed by atoms with Gasteiger partial charge in [0.05, 0.1) is 12.3 Å². The molecule has 0 bridgehead atoms. The number of hydrogen-bond acceptors (Lipinski definition) is 5. The molecule has 0 heterocycles. The second-order valence-corrected chi connectivity index (χ2v) is 7.46. The molecule has 0 aliphatic carbocycles. The predicted octanol–water partition coefficient (Wildman–Crippen LogP) is 1.84. The Hall–Kier alpha value is -3.38. The van der Waals surface area contributed by atoms with Crippen LogP contribution in [-0.4, -0.2) is 26.5 Å². The zero-order valence-corrected chi connectivity index (χ0v) is 15.3. The molecule has 0 spiro atoms. The molecule has 3 N–H and O–H groups in total. The van der Waals surface area contributed by atoms with Gasteiger partial charge in [-0.2, -0.15) is 5.26 Å². The number of benzene rings is 2. The minimum atomic E-state index is -3.37. The summed E-state index contributed by atoms with van der Waals surface area (Å²) in [5.41, 5.74) is 2.15. The summed E-state index contributed by atoms with van der Waals surface area (Å²) in [5, 5.41) is 13.8. The SMILES string of the molecule is CS(=O)(=O)Nc1ccc(C(=O)Nc2ccc(CNC(=O)CC#N)cc2)cc1. The molecule has 2 amide bonds. The lowest BCUT2D eigenvalue weighted by Crippen LogP contribution is -2.21. The fourth-order valence-corrected chi connectivity index (χ4v) is 2.71. The lowest BCUT2D eigenvalue weighted by Gasteiger charge is -2.08. The van der Waals surface area contributed by atoms with E-state index >= 15 is 0 Å². The minimum absolute atomic E-state index is 0.188. The highest BCUT2D eigenvalue weighted by molar-refractivity contribution is 7.92. The lowest BCUT2D eigenvalue weighted by molar-refractivity contribution is -0.120. The number of sulfonamides is 1. The van der Waals surface area contributed by atoms with E-state index in [2.05, 4.69) is 15.4 Å². The van der Waals surface area contributed by atoms with Crippen LogP contribution in [0.4, 0.5) is 11.4 Å². The van der Waals surface area contributed by atoms with Crippen LogP contribution < -0.4 is 15.4 Å². The van der Waals surface area contributed by atoms with E-state index in [0.717, 1.165) is 11.8 Å². The van der Waals surface area contributed by atoms with Gasteiger partial charge in [-0.15, -0.1) is 0 Å². The molecule has 0 saturated carbocycles. The van der Waals surface area contributed by atoms with Crippen LogP contribution in [0.5, 0.6) is 0 Å². The van der Waals surface area contributed by atoms with Crippen molar-refractivity contribution in [1.29, 1.82) is 5.26 Å². The van der Waals surface area contributed by atoms with Gasteiger partial charge in [0.15, 0.2) is 0 Å². The molecular formula is C18H18N4O4S. The van der Waals surface area contributed by atoms with Crippen molar-refractivity contribution in [3.05, 3.63) is 59.7 Å². The van der Waals surface area contributed by atoms with E-state index in [1.807, 2.05) is 0 Å². The molecule has 140 valence electrons. The van der Waals surface area contributed by atoms with Crippen LogP contribution >= 0.6 is 0 Å². The fraction of sp³-hybridized carbons (Fsp3) is 0.167. The first-order valence-corrected chi connectivity index (χ1v) is 9.78. The summed E-state index contributed by atoms with van der Waals surface area (Å²) in [4.78, 5) is 23.5. The number of nitriles is 1. The molecule has 9 heteroatoms. The summed E-state index contributed by atoms with van der Waals surface area (Å²) >= 11 is 0.